The molecule has 1 aromatic heterocycles. The van der Waals surface area contributed by atoms with Gasteiger partial charge < -0.3 is 10.4 Å². The quantitative estimate of drug-likeness (QED) is 0.748. The second-order valence-corrected chi connectivity index (χ2v) is 5.94. The van der Waals surface area contributed by atoms with E-state index in [1.807, 2.05) is 36.4 Å². The van der Waals surface area contributed by atoms with E-state index in [2.05, 4.69) is 15.6 Å². The van der Waals surface area contributed by atoms with Crippen LogP contribution in [0.2, 0.25) is 0 Å². The van der Waals surface area contributed by atoms with E-state index in [1.165, 1.54) is 0 Å². The summed E-state index contributed by atoms with van der Waals surface area (Å²) in [5, 5.41) is 21.1. The number of carbonyl (C=O) groups excluding carboxylic acids is 1. The maximum Gasteiger partial charge on any atom is 0.251 e. The summed E-state index contributed by atoms with van der Waals surface area (Å²) >= 11 is 0. The Balaban J connectivity index is 1.66. The number of rotatable bonds is 5. The molecule has 6 nitrogen and oxygen atoms in total. The van der Waals surface area contributed by atoms with E-state index in [-0.39, 0.29) is 11.9 Å². The van der Waals surface area contributed by atoms with Crippen molar-refractivity contribution in [1.29, 1.82) is 0 Å². The number of fused-ring (bicyclic) bond motifs is 1. The van der Waals surface area contributed by atoms with Gasteiger partial charge >= 0.3 is 0 Å². The summed E-state index contributed by atoms with van der Waals surface area (Å²) in [6.45, 7) is 1.80. The lowest BCUT2D eigenvalue weighted by molar-refractivity contribution is 0.0852. The van der Waals surface area contributed by atoms with Gasteiger partial charge in [0, 0.05) is 19.0 Å². The number of aliphatic hydroxyl groups is 1. The summed E-state index contributed by atoms with van der Waals surface area (Å²) in [7, 11) is 1.80. The topological polar surface area (TPSA) is 80.0 Å². The highest BCUT2D eigenvalue weighted by molar-refractivity contribution is 5.97. The fourth-order valence-electron chi connectivity index (χ4n) is 2.60. The first-order valence-corrected chi connectivity index (χ1v) is 7.87. The number of hydrogen-bond acceptors (Lipinski definition) is 4. The summed E-state index contributed by atoms with van der Waals surface area (Å²) in [5.74, 6) is -0.234. The number of aryl methyl sites for hydroxylation is 1. The van der Waals surface area contributed by atoms with Crippen LogP contribution < -0.4 is 5.32 Å². The minimum atomic E-state index is -0.656. The largest absolute Gasteiger partial charge is 0.391 e. The Morgan fingerprint density at radius 1 is 1.25 bits per heavy atom. The van der Waals surface area contributed by atoms with Crippen molar-refractivity contribution in [1.82, 2.24) is 20.3 Å². The minimum absolute atomic E-state index is 0.234. The summed E-state index contributed by atoms with van der Waals surface area (Å²) in [4.78, 5) is 12.4. The number of hydrogen-bond donors (Lipinski definition) is 2. The number of nitrogens with zero attached hydrogens (tertiary/aromatic N) is 3. The Morgan fingerprint density at radius 2 is 2.00 bits per heavy atom. The van der Waals surface area contributed by atoms with Gasteiger partial charge in [-0.1, -0.05) is 35.5 Å². The highest BCUT2D eigenvalue weighted by Gasteiger charge is 2.18. The van der Waals surface area contributed by atoms with Crippen molar-refractivity contribution in [3.05, 3.63) is 59.7 Å². The van der Waals surface area contributed by atoms with Crippen LogP contribution >= 0.6 is 0 Å². The van der Waals surface area contributed by atoms with Crippen LogP contribution in [0.25, 0.3) is 11.0 Å². The third-order valence-electron chi connectivity index (χ3n) is 4.10. The SMILES string of the molecule is CC(NC(=O)c1ccc2c(c1)nnn2C)C(O)Cc1ccccc1. The molecule has 2 atom stereocenters. The molecule has 1 heterocycles. The molecule has 3 rings (SSSR count). The van der Waals surface area contributed by atoms with Crippen LogP contribution in [0.15, 0.2) is 48.5 Å². The van der Waals surface area contributed by atoms with E-state index in [9.17, 15) is 9.90 Å². The van der Waals surface area contributed by atoms with E-state index in [0.29, 0.717) is 17.5 Å². The van der Waals surface area contributed by atoms with E-state index in [0.717, 1.165) is 11.1 Å². The number of benzene rings is 2. The molecular weight excluding hydrogens is 304 g/mol. The predicted octanol–water partition coefficient (Wildman–Crippen LogP) is 1.69. The average molecular weight is 324 g/mol. The highest BCUT2D eigenvalue weighted by atomic mass is 16.3. The van der Waals surface area contributed by atoms with Gasteiger partial charge in [0.1, 0.15) is 5.52 Å². The van der Waals surface area contributed by atoms with Crippen molar-refractivity contribution < 1.29 is 9.90 Å². The molecule has 0 spiro atoms. The van der Waals surface area contributed by atoms with Crippen LogP contribution in [-0.2, 0) is 13.5 Å². The molecule has 0 aliphatic heterocycles. The molecule has 0 saturated heterocycles. The Hall–Kier alpha value is -2.73. The molecule has 2 N–H and O–H groups in total. The molecule has 0 bridgehead atoms. The maximum atomic E-state index is 12.4. The lowest BCUT2D eigenvalue weighted by atomic mass is 10.0. The Bertz CT molecular complexity index is 845. The minimum Gasteiger partial charge on any atom is -0.391 e. The summed E-state index contributed by atoms with van der Waals surface area (Å²) < 4.78 is 1.66. The van der Waals surface area contributed by atoms with E-state index in [4.69, 9.17) is 0 Å². The van der Waals surface area contributed by atoms with Gasteiger partial charge in [-0.2, -0.15) is 0 Å². The molecule has 0 saturated carbocycles. The smallest absolute Gasteiger partial charge is 0.251 e. The first-order valence-electron chi connectivity index (χ1n) is 7.87. The predicted molar refractivity (Wildman–Crippen MR) is 91.6 cm³/mol. The monoisotopic (exact) mass is 324 g/mol. The van der Waals surface area contributed by atoms with Crippen molar-refractivity contribution in [3.63, 3.8) is 0 Å². The van der Waals surface area contributed by atoms with Crippen LogP contribution in [0.1, 0.15) is 22.8 Å². The average Bonchev–Trinajstić information content (AvgIpc) is 2.96. The fourth-order valence-corrected chi connectivity index (χ4v) is 2.60. The number of carbonyl (C=O) groups is 1. The molecule has 2 unspecified atom stereocenters. The summed E-state index contributed by atoms with van der Waals surface area (Å²) in [5.41, 5.74) is 3.07. The van der Waals surface area contributed by atoms with Gasteiger partial charge in [-0.15, -0.1) is 5.10 Å². The number of nitrogens with one attached hydrogen (secondary N) is 1. The van der Waals surface area contributed by atoms with Crippen LogP contribution in [-0.4, -0.2) is 38.2 Å². The van der Waals surface area contributed by atoms with Crippen molar-refractivity contribution >= 4 is 16.9 Å². The van der Waals surface area contributed by atoms with Gasteiger partial charge in [-0.3, -0.25) is 4.79 Å². The zero-order valence-corrected chi connectivity index (χ0v) is 13.7. The molecule has 6 heteroatoms. The molecular formula is C18H20N4O2. The van der Waals surface area contributed by atoms with Crippen LogP contribution in [0, 0.1) is 0 Å². The molecule has 0 aliphatic carbocycles. The van der Waals surface area contributed by atoms with Gasteiger partial charge in [-0.05, 0) is 30.7 Å². The van der Waals surface area contributed by atoms with Crippen molar-refractivity contribution in [3.8, 4) is 0 Å². The van der Waals surface area contributed by atoms with Crippen LogP contribution in [0.3, 0.4) is 0 Å². The fraction of sp³-hybridized carbons (Fsp3) is 0.278. The van der Waals surface area contributed by atoms with Crippen LogP contribution in [0.5, 0.6) is 0 Å². The molecule has 3 aromatic rings. The zero-order valence-electron chi connectivity index (χ0n) is 13.7. The van der Waals surface area contributed by atoms with Crippen molar-refractivity contribution in [2.75, 3.05) is 0 Å². The molecule has 0 radical (unpaired) electrons. The Labute approximate surface area is 140 Å². The van der Waals surface area contributed by atoms with Crippen molar-refractivity contribution in [2.45, 2.75) is 25.5 Å². The third kappa shape index (κ3) is 3.44. The molecule has 124 valence electrons. The zero-order chi connectivity index (χ0) is 17.1. The van der Waals surface area contributed by atoms with Gasteiger partial charge in [0.25, 0.3) is 5.91 Å². The van der Waals surface area contributed by atoms with E-state index < -0.39 is 6.10 Å². The highest BCUT2D eigenvalue weighted by Crippen LogP contribution is 2.13. The molecule has 0 aliphatic rings. The van der Waals surface area contributed by atoms with E-state index in [1.54, 1.807) is 30.8 Å². The molecule has 1 amide bonds. The molecule has 2 aromatic carbocycles. The van der Waals surface area contributed by atoms with Crippen molar-refractivity contribution in [2.24, 2.45) is 7.05 Å². The second kappa shape index (κ2) is 6.80. The normalized spacial score (nSPS) is 13.6. The number of aliphatic hydroxyl groups excluding tert-OH is 1. The lowest BCUT2D eigenvalue weighted by Crippen LogP contribution is -2.42. The van der Waals surface area contributed by atoms with Gasteiger partial charge in [0.05, 0.1) is 17.7 Å². The lowest BCUT2D eigenvalue weighted by Gasteiger charge is -2.20. The standard InChI is InChI=1S/C18H20N4O2/c1-12(17(23)10-13-6-4-3-5-7-13)19-18(24)14-8-9-16-15(11-14)20-21-22(16)2/h3-9,11-12,17,23H,10H2,1-2H3,(H,19,24). The maximum absolute atomic E-state index is 12.4. The van der Waals surface area contributed by atoms with E-state index >= 15 is 0 Å². The number of amides is 1. The first-order chi connectivity index (χ1) is 11.5. The van der Waals surface area contributed by atoms with Gasteiger partial charge in [0.15, 0.2) is 0 Å². The Kier molecular flexibility index (Phi) is 4.57. The second-order valence-electron chi connectivity index (χ2n) is 5.94. The third-order valence-corrected chi connectivity index (χ3v) is 4.10. The van der Waals surface area contributed by atoms with Gasteiger partial charge in [-0.25, -0.2) is 4.68 Å². The molecule has 24 heavy (non-hydrogen) atoms. The Morgan fingerprint density at radius 3 is 2.75 bits per heavy atom. The molecule has 0 fully saturated rings. The first kappa shape index (κ1) is 16.1. The summed E-state index contributed by atoms with van der Waals surface area (Å²) in [6, 6.07) is 14.6. The summed E-state index contributed by atoms with van der Waals surface area (Å²) in [6.07, 6.45) is -0.164. The number of aromatic nitrogens is 3. The van der Waals surface area contributed by atoms with Crippen LogP contribution in [0.4, 0.5) is 0 Å². The van der Waals surface area contributed by atoms with Gasteiger partial charge in [0.2, 0.25) is 0 Å².